The van der Waals surface area contributed by atoms with Crippen LogP contribution in [0.15, 0.2) is 84.9 Å². The molecule has 3 N–H and O–H groups in total. The molecule has 0 saturated carbocycles. The van der Waals surface area contributed by atoms with Crippen molar-refractivity contribution in [1.82, 2.24) is 11.0 Å². The second-order valence-electron chi connectivity index (χ2n) is 6.41. The molecule has 0 atom stereocenters. The number of rotatable bonds is 7. The van der Waals surface area contributed by atoms with E-state index in [0.717, 1.165) is 11.1 Å². The maximum atomic E-state index is 11.8. The van der Waals surface area contributed by atoms with Crippen molar-refractivity contribution < 1.29 is 29.2 Å². The van der Waals surface area contributed by atoms with Crippen LogP contribution in [0.5, 0.6) is 0 Å². The fourth-order valence-electron chi connectivity index (χ4n) is 2.58. The molecule has 8 heteroatoms. The number of hydroxylamine groups is 2. The van der Waals surface area contributed by atoms with Gasteiger partial charge in [0.1, 0.15) is 6.61 Å². The van der Waals surface area contributed by atoms with Crippen LogP contribution in [0.3, 0.4) is 0 Å². The second kappa shape index (κ2) is 13.3. The number of carbonyl (C=O) groups is 3. The van der Waals surface area contributed by atoms with Crippen molar-refractivity contribution >= 4 is 17.8 Å². The van der Waals surface area contributed by atoms with Crippen LogP contribution in [-0.4, -0.2) is 30.1 Å². The minimum absolute atomic E-state index is 0.169. The third-order valence-electron chi connectivity index (χ3n) is 4.25. The van der Waals surface area contributed by atoms with Gasteiger partial charge in [0.05, 0.1) is 13.5 Å². The number of benzene rings is 3. The molecule has 0 aliphatic carbocycles. The van der Waals surface area contributed by atoms with E-state index < -0.39 is 5.91 Å². The predicted octanol–water partition coefficient (Wildman–Crippen LogP) is 3.07. The van der Waals surface area contributed by atoms with Gasteiger partial charge in [-0.2, -0.15) is 0 Å². The van der Waals surface area contributed by atoms with E-state index in [2.05, 4.69) is 10.2 Å². The van der Waals surface area contributed by atoms with E-state index in [1.165, 1.54) is 7.11 Å². The Morgan fingerprint density at radius 1 is 0.750 bits per heavy atom. The van der Waals surface area contributed by atoms with Gasteiger partial charge < -0.3 is 4.74 Å². The molecule has 3 aromatic carbocycles. The minimum Gasteiger partial charge on any atom is -0.469 e. The molecular weight excluding hydrogens is 412 g/mol. The summed E-state index contributed by atoms with van der Waals surface area (Å²) in [4.78, 5) is 39.1. The molecule has 0 aromatic heterocycles. The highest BCUT2D eigenvalue weighted by atomic mass is 16.6. The van der Waals surface area contributed by atoms with Gasteiger partial charge in [0.25, 0.3) is 11.8 Å². The van der Waals surface area contributed by atoms with Crippen molar-refractivity contribution in [3.63, 3.8) is 0 Å². The van der Waals surface area contributed by atoms with E-state index in [-0.39, 0.29) is 24.9 Å². The van der Waals surface area contributed by atoms with Crippen LogP contribution < -0.4 is 11.0 Å². The van der Waals surface area contributed by atoms with E-state index >= 15 is 0 Å². The number of carbonyl (C=O) groups excluding carboxylic acids is 3. The van der Waals surface area contributed by atoms with Crippen molar-refractivity contribution in [2.24, 2.45) is 0 Å². The molecule has 0 fully saturated rings. The van der Waals surface area contributed by atoms with Crippen LogP contribution in [0.1, 0.15) is 31.8 Å². The lowest BCUT2D eigenvalue weighted by atomic mass is 10.1. The zero-order valence-corrected chi connectivity index (χ0v) is 17.5. The van der Waals surface area contributed by atoms with Gasteiger partial charge in [-0.1, -0.05) is 60.7 Å². The van der Waals surface area contributed by atoms with Crippen LogP contribution in [0.2, 0.25) is 0 Å². The van der Waals surface area contributed by atoms with Crippen molar-refractivity contribution in [1.29, 1.82) is 0 Å². The molecule has 0 heterocycles. The van der Waals surface area contributed by atoms with Crippen LogP contribution >= 0.6 is 0 Å². The number of methoxy groups -OCH3 is 1. The summed E-state index contributed by atoms with van der Waals surface area (Å²) in [5.74, 6) is -1.12. The Hall–Kier alpha value is -4.01. The van der Waals surface area contributed by atoms with E-state index in [9.17, 15) is 14.4 Å². The highest BCUT2D eigenvalue weighted by molar-refractivity contribution is 5.93. The Balaban J connectivity index is 0.000000303. The summed E-state index contributed by atoms with van der Waals surface area (Å²) >= 11 is 0. The van der Waals surface area contributed by atoms with Crippen molar-refractivity contribution in [2.75, 3.05) is 7.11 Å². The van der Waals surface area contributed by atoms with Crippen LogP contribution in [0.4, 0.5) is 0 Å². The van der Waals surface area contributed by atoms with Gasteiger partial charge in [0.15, 0.2) is 0 Å². The van der Waals surface area contributed by atoms with Crippen LogP contribution in [0, 0.1) is 0 Å². The third kappa shape index (κ3) is 8.02. The monoisotopic (exact) mass is 436 g/mol. The SMILES string of the molecule is COC(=O)Cc1ccccc1CONC(=O)c1ccccc1.O=C(NO)c1ccccc1. The van der Waals surface area contributed by atoms with E-state index in [1.807, 2.05) is 30.3 Å². The molecule has 166 valence electrons. The lowest BCUT2D eigenvalue weighted by molar-refractivity contribution is -0.139. The van der Waals surface area contributed by atoms with Crippen LogP contribution in [-0.2, 0) is 27.4 Å². The Morgan fingerprint density at radius 2 is 1.25 bits per heavy atom. The molecule has 32 heavy (non-hydrogen) atoms. The number of hydrogen-bond donors (Lipinski definition) is 3. The summed E-state index contributed by atoms with van der Waals surface area (Å²) in [7, 11) is 1.35. The van der Waals surface area contributed by atoms with Gasteiger partial charge in [-0.25, -0.2) is 11.0 Å². The summed E-state index contributed by atoms with van der Waals surface area (Å²) in [6, 6.07) is 24.6. The first-order chi connectivity index (χ1) is 15.5. The molecule has 8 nitrogen and oxygen atoms in total. The smallest absolute Gasteiger partial charge is 0.309 e. The standard InChI is InChI=1S/C17H17NO4.C7H7NO2/c1-21-16(19)11-14-9-5-6-10-15(14)12-22-18-17(20)13-7-3-2-4-8-13;9-7(8-10)6-4-2-1-3-5-6/h2-10H,11-12H2,1H3,(H,18,20);1-5,10H,(H,8,9). The van der Waals surface area contributed by atoms with Crippen molar-refractivity contribution in [3.05, 3.63) is 107 Å². The quantitative estimate of drug-likeness (QED) is 0.298. The summed E-state index contributed by atoms with van der Waals surface area (Å²) in [5.41, 5.74) is 6.53. The predicted molar refractivity (Wildman–Crippen MR) is 117 cm³/mol. The first-order valence-electron chi connectivity index (χ1n) is 9.65. The highest BCUT2D eigenvalue weighted by Crippen LogP contribution is 2.11. The Kier molecular flexibility index (Phi) is 10.1. The summed E-state index contributed by atoms with van der Waals surface area (Å²) < 4.78 is 4.66. The zero-order chi connectivity index (χ0) is 23.2. The van der Waals surface area contributed by atoms with E-state index in [4.69, 9.17) is 10.0 Å². The second-order valence-corrected chi connectivity index (χ2v) is 6.41. The first kappa shape index (κ1) is 24.3. The molecule has 0 aliphatic rings. The van der Waals surface area contributed by atoms with Gasteiger partial charge in [-0.3, -0.25) is 24.4 Å². The average molecular weight is 436 g/mol. The molecule has 0 unspecified atom stereocenters. The van der Waals surface area contributed by atoms with Gasteiger partial charge in [0, 0.05) is 11.1 Å². The molecule has 0 bridgehead atoms. The van der Waals surface area contributed by atoms with E-state index in [0.29, 0.717) is 11.1 Å². The summed E-state index contributed by atoms with van der Waals surface area (Å²) in [5, 5.41) is 8.19. The lowest BCUT2D eigenvalue weighted by Gasteiger charge is -2.10. The maximum Gasteiger partial charge on any atom is 0.309 e. The normalized spacial score (nSPS) is 9.69. The highest BCUT2D eigenvalue weighted by Gasteiger charge is 2.09. The average Bonchev–Trinajstić information content (AvgIpc) is 2.85. The summed E-state index contributed by atoms with van der Waals surface area (Å²) in [6.45, 7) is 0.172. The Labute approximate surface area is 185 Å². The van der Waals surface area contributed by atoms with Crippen molar-refractivity contribution in [3.8, 4) is 0 Å². The molecule has 0 saturated heterocycles. The van der Waals surface area contributed by atoms with Crippen molar-refractivity contribution in [2.45, 2.75) is 13.0 Å². The minimum atomic E-state index is -0.486. The first-order valence-corrected chi connectivity index (χ1v) is 9.65. The zero-order valence-electron chi connectivity index (χ0n) is 17.5. The number of hydrogen-bond acceptors (Lipinski definition) is 6. The lowest BCUT2D eigenvalue weighted by Crippen LogP contribution is -2.23. The number of nitrogens with one attached hydrogen (secondary N) is 2. The molecule has 0 spiro atoms. The van der Waals surface area contributed by atoms with Gasteiger partial charge in [0.2, 0.25) is 0 Å². The Bertz CT molecular complexity index is 1010. The molecular formula is C24H24N2O6. The number of amides is 2. The fraction of sp³-hybridized carbons (Fsp3) is 0.125. The maximum absolute atomic E-state index is 11.8. The van der Waals surface area contributed by atoms with Gasteiger partial charge in [-0.05, 0) is 35.4 Å². The topological polar surface area (TPSA) is 114 Å². The largest absolute Gasteiger partial charge is 0.469 e. The van der Waals surface area contributed by atoms with Gasteiger partial charge >= 0.3 is 5.97 Å². The Morgan fingerprint density at radius 3 is 1.78 bits per heavy atom. The van der Waals surface area contributed by atoms with E-state index in [1.54, 1.807) is 60.1 Å². The number of esters is 1. The summed E-state index contributed by atoms with van der Waals surface area (Å²) in [6.07, 6.45) is 0.169. The number of ether oxygens (including phenoxy) is 1. The molecule has 0 aliphatic heterocycles. The molecule has 3 aromatic rings. The molecule has 2 amide bonds. The molecule has 0 radical (unpaired) electrons. The fourth-order valence-corrected chi connectivity index (χ4v) is 2.58. The third-order valence-corrected chi connectivity index (χ3v) is 4.25. The van der Waals surface area contributed by atoms with Crippen LogP contribution in [0.25, 0.3) is 0 Å². The molecule has 3 rings (SSSR count). The van der Waals surface area contributed by atoms with Gasteiger partial charge in [-0.15, -0.1) is 0 Å².